The maximum atomic E-state index is 13.1. The highest BCUT2D eigenvalue weighted by atomic mass is 19.2. The molecule has 6 nitrogen and oxygen atoms in total. The van der Waals surface area contributed by atoms with Crippen molar-refractivity contribution in [1.82, 2.24) is 4.98 Å². The predicted molar refractivity (Wildman–Crippen MR) is 65.2 cm³/mol. The van der Waals surface area contributed by atoms with Gasteiger partial charge in [-0.3, -0.25) is 14.9 Å². The van der Waals surface area contributed by atoms with Crippen LogP contribution in [0, 0.1) is 27.7 Å². The second-order valence-corrected chi connectivity index (χ2v) is 3.86. The molecule has 0 aliphatic rings. The highest BCUT2D eigenvalue weighted by molar-refractivity contribution is 6.07. The number of nitrogens with one attached hydrogen (secondary N) is 1. The summed E-state index contributed by atoms with van der Waals surface area (Å²) in [6.07, 6.45) is 0.971. The number of carbonyl (C=O) groups excluding carboxylic acids is 1. The number of hydrogen-bond acceptors (Lipinski definition) is 4. The Balaban J connectivity index is 2.36. The Morgan fingerprint density at radius 3 is 2.43 bits per heavy atom. The second-order valence-electron chi connectivity index (χ2n) is 3.86. The molecule has 9 heteroatoms. The van der Waals surface area contributed by atoms with E-state index in [1.807, 2.05) is 0 Å². The van der Waals surface area contributed by atoms with Crippen LogP contribution in [0.4, 0.5) is 24.5 Å². The maximum Gasteiger partial charge on any atom is 0.285 e. The molecule has 0 bridgehead atoms. The molecule has 1 N–H and O–H groups in total. The fourth-order valence-corrected chi connectivity index (χ4v) is 1.52. The standard InChI is InChI=1S/C12H6F3N3O3/c13-8-3-7(10(18(20)21)4-9(8)14)12(19)17-6-1-2-11(15)16-5-6/h1-5H,(H,17,19). The number of amides is 1. The van der Waals surface area contributed by atoms with Gasteiger partial charge in [-0.2, -0.15) is 4.39 Å². The van der Waals surface area contributed by atoms with Gasteiger partial charge in [0.15, 0.2) is 11.6 Å². The van der Waals surface area contributed by atoms with Crippen LogP contribution in [0.15, 0.2) is 30.5 Å². The van der Waals surface area contributed by atoms with Gasteiger partial charge in [-0.25, -0.2) is 13.8 Å². The van der Waals surface area contributed by atoms with Crippen LogP contribution in [0.25, 0.3) is 0 Å². The van der Waals surface area contributed by atoms with E-state index in [9.17, 15) is 28.1 Å². The van der Waals surface area contributed by atoms with E-state index in [1.54, 1.807) is 0 Å². The van der Waals surface area contributed by atoms with Crippen molar-refractivity contribution in [2.45, 2.75) is 0 Å². The number of nitro benzene ring substituents is 1. The van der Waals surface area contributed by atoms with Crippen molar-refractivity contribution in [3.8, 4) is 0 Å². The van der Waals surface area contributed by atoms with Crippen LogP contribution < -0.4 is 5.32 Å². The van der Waals surface area contributed by atoms with Crippen LogP contribution in [-0.4, -0.2) is 15.8 Å². The van der Waals surface area contributed by atoms with Gasteiger partial charge in [-0.15, -0.1) is 0 Å². The molecule has 0 fully saturated rings. The molecule has 2 aromatic rings. The lowest BCUT2D eigenvalue weighted by molar-refractivity contribution is -0.385. The molecule has 0 radical (unpaired) electrons. The third kappa shape index (κ3) is 3.14. The van der Waals surface area contributed by atoms with Crippen molar-refractivity contribution in [2.75, 3.05) is 5.32 Å². The molecule has 1 aromatic heterocycles. The summed E-state index contributed by atoms with van der Waals surface area (Å²) in [6, 6.07) is 2.84. The summed E-state index contributed by atoms with van der Waals surface area (Å²) >= 11 is 0. The average molecular weight is 297 g/mol. The zero-order valence-electron chi connectivity index (χ0n) is 10.1. The molecule has 1 heterocycles. The summed E-state index contributed by atoms with van der Waals surface area (Å²) in [5.74, 6) is -4.68. The second kappa shape index (κ2) is 5.57. The smallest absolute Gasteiger partial charge is 0.285 e. The first-order valence-corrected chi connectivity index (χ1v) is 5.45. The van der Waals surface area contributed by atoms with Crippen molar-refractivity contribution in [3.05, 3.63) is 63.7 Å². The van der Waals surface area contributed by atoms with Crippen molar-refractivity contribution in [3.63, 3.8) is 0 Å². The van der Waals surface area contributed by atoms with E-state index in [2.05, 4.69) is 10.3 Å². The largest absolute Gasteiger partial charge is 0.320 e. The monoisotopic (exact) mass is 297 g/mol. The van der Waals surface area contributed by atoms with E-state index in [0.29, 0.717) is 12.1 Å². The third-order valence-corrected chi connectivity index (χ3v) is 2.47. The summed E-state index contributed by atoms with van der Waals surface area (Å²) in [7, 11) is 0. The zero-order valence-corrected chi connectivity index (χ0v) is 10.1. The van der Waals surface area contributed by atoms with Crippen LogP contribution in [0.3, 0.4) is 0 Å². The molecule has 0 atom stereocenters. The average Bonchev–Trinajstić information content (AvgIpc) is 2.43. The van der Waals surface area contributed by atoms with Gasteiger partial charge < -0.3 is 5.32 Å². The molecule has 0 aliphatic heterocycles. The number of carbonyl (C=O) groups is 1. The molecule has 0 saturated heterocycles. The molecule has 2 rings (SSSR count). The lowest BCUT2D eigenvalue weighted by Gasteiger charge is -2.06. The molecule has 0 saturated carbocycles. The number of rotatable bonds is 3. The molecule has 0 unspecified atom stereocenters. The summed E-state index contributed by atoms with van der Waals surface area (Å²) in [6.45, 7) is 0. The highest BCUT2D eigenvalue weighted by Gasteiger charge is 2.24. The van der Waals surface area contributed by atoms with Crippen LogP contribution >= 0.6 is 0 Å². The first-order chi connectivity index (χ1) is 9.88. The number of aromatic nitrogens is 1. The Bertz CT molecular complexity index is 720. The van der Waals surface area contributed by atoms with E-state index >= 15 is 0 Å². The quantitative estimate of drug-likeness (QED) is 0.536. The summed E-state index contributed by atoms with van der Waals surface area (Å²) in [5.41, 5.74) is -1.51. The van der Waals surface area contributed by atoms with Gasteiger partial charge in [0.2, 0.25) is 5.95 Å². The molecule has 1 amide bonds. The first kappa shape index (κ1) is 14.4. The predicted octanol–water partition coefficient (Wildman–Crippen LogP) is 2.66. The van der Waals surface area contributed by atoms with Crippen molar-refractivity contribution >= 4 is 17.3 Å². The van der Waals surface area contributed by atoms with Gasteiger partial charge in [0, 0.05) is 0 Å². The SMILES string of the molecule is O=C(Nc1ccc(F)nc1)c1cc(F)c(F)cc1[N+](=O)[O-]. The minimum atomic E-state index is -1.44. The van der Waals surface area contributed by atoms with E-state index in [1.165, 1.54) is 0 Å². The van der Waals surface area contributed by atoms with E-state index < -0.39 is 39.7 Å². The number of benzene rings is 1. The molecule has 21 heavy (non-hydrogen) atoms. The zero-order chi connectivity index (χ0) is 15.6. The summed E-state index contributed by atoms with van der Waals surface area (Å²) < 4.78 is 38.7. The Hall–Kier alpha value is -2.97. The third-order valence-electron chi connectivity index (χ3n) is 2.47. The van der Waals surface area contributed by atoms with Crippen LogP contribution in [0.5, 0.6) is 0 Å². The number of nitro groups is 1. The molecular formula is C12H6F3N3O3. The minimum Gasteiger partial charge on any atom is -0.320 e. The Kier molecular flexibility index (Phi) is 3.83. The number of pyridine rings is 1. The van der Waals surface area contributed by atoms with E-state index in [0.717, 1.165) is 18.3 Å². The molecule has 0 aliphatic carbocycles. The highest BCUT2D eigenvalue weighted by Crippen LogP contribution is 2.23. The van der Waals surface area contributed by atoms with E-state index in [-0.39, 0.29) is 5.69 Å². The minimum absolute atomic E-state index is 0.0421. The molecular weight excluding hydrogens is 291 g/mol. The molecule has 108 valence electrons. The molecule has 0 spiro atoms. The summed E-state index contributed by atoms with van der Waals surface area (Å²) in [5, 5.41) is 12.9. The first-order valence-electron chi connectivity index (χ1n) is 5.45. The van der Waals surface area contributed by atoms with Gasteiger partial charge in [0.05, 0.1) is 22.9 Å². The van der Waals surface area contributed by atoms with Gasteiger partial charge in [0.1, 0.15) is 5.56 Å². The van der Waals surface area contributed by atoms with Crippen molar-refractivity contribution < 1.29 is 22.9 Å². The maximum absolute atomic E-state index is 13.1. The number of nitrogens with zero attached hydrogens (tertiary/aromatic N) is 2. The normalized spacial score (nSPS) is 10.2. The summed E-state index contributed by atoms with van der Waals surface area (Å²) in [4.78, 5) is 24.9. The Morgan fingerprint density at radius 2 is 1.86 bits per heavy atom. The number of hydrogen-bond donors (Lipinski definition) is 1. The van der Waals surface area contributed by atoms with Crippen molar-refractivity contribution in [2.24, 2.45) is 0 Å². The van der Waals surface area contributed by atoms with Gasteiger partial charge >= 0.3 is 0 Å². The topological polar surface area (TPSA) is 85.1 Å². The van der Waals surface area contributed by atoms with Gasteiger partial charge in [0.25, 0.3) is 11.6 Å². The van der Waals surface area contributed by atoms with Crippen LogP contribution in [0.2, 0.25) is 0 Å². The van der Waals surface area contributed by atoms with Gasteiger partial charge in [-0.1, -0.05) is 0 Å². The number of halogens is 3. The molecule has 1 aromatic carbocycles. The lowest BCUT2D eigenvalue weighted by Crippen LogP contribution is -2.15. The Morgan fingerprint density at radius 1 is 1.19 bits per heavy atom. The fourth-order valence-electron chi connectivity index (χ4n) is 1.52. The lowest BCUT2D eigenvalue weighted by atomic mass is 10.1. The fraction of sp³-hybridized carbons (Fsp3) is 0. The van der Waals surface area contributed by atoms with E-state index in [4.69, 9.17) is 0 Å². The Labute approximate surface area is 115 Å². The van der Waals surface area contributed by atoms with Crippen LogP contribution in [0.1, 0.15) is 10.4 Å². The van der Waals surface area contributed by atoms with Crippen LogP contribution in [-0.2, 0) is 0 Å². The number of anilines is 1. The van der Waals surface area contributed by atoms with Gasteiger partial charge in [-0.05, 0) is 18.2 Å². The van der Waals surface area contributed by atoms with Crippen molar-refractivity contribution in [1.29, 1.82) is 0 Å².